The molecule has 0 amide bonds. The van der Waals surface area contributed by atoms with Crippen molar-refractivity contribution in [3.05, 3.63) is 12.2 Å². The number of fused-ring (bicyclic) bond motifs is 1. The molecule has 5 atom stereocenters. The van der Waals surface area contributed by atoms with Crippen molar-refractivity contribution in [1.29, 1.82) is 0 Å². The van der Waals surface area contributed by atoms with Gasteiger partial charge in [-0.15, -0.1) is 0 Å². The third-order valence-electron chi connectivity index (χ3n) is 5.93. The van der Waals surface area contributed by atoms with Crippen molar-refractivity contribution in [2.45, 2.75) is 64.6 Å². The third-order valence-corrected chi connectivity index (χ3v) is 5.93. The van der Waals surface area contributed by atoms with Crippen LogP contribution in [0.15, 0.2) is 12.2 Å². The van der Waals surface area contributed by atoms with Crippen LogP contribution in [0.25, 0.3) is 0 Å². The first kappa shape index (κ1) is 11.8. The Morgan fingerprint density at radius 3 is 2.71 bits per heavy atom. The van der Waals surface area contributed by atoms with E-state index in [0.29, 0.717) is 17.8 Å². The fourth-order valence-corrected chi connectivity index (χ4v) is 5.11. The summed E-state index contributed by atoms with van der Waals surface area (Å²) in [5, 5.41) is 0. The van der Waals surface area contributed by atoms with E-state index in [9.17, 15) is 0 Å². The highest BCUT2D eigenvalue weighted by Gasteiger charge is 2.65. The molecule has 1 heteroatoms. The largest absolute Gasteiger partial charge is 0.367 e. The van der Waals surface area contributed by atoms with Gasteiger partial charge in [-0.3, -0.25) is 0 Å². The first-order valence-electron chi connectivity index (χ1n) is 7.27. The molecule has 0 aromatic rings. The lowest BCUT2D eigenvalue weighted by Gasteiger charge is -2.45. The first-order valence-corrected chi connectivity index (χ1v) is 7.27. The molecule has 0 aromatic heterocycles. The smallest absolute Gasteiger partial charge is 0.0784 e. The van der Waals surface area contributed by atoms with Crippen LogP contribution in [0.1, 0.15) is 53.4 Å². The Kier molecular flexibility index (Phi) is 2.34. The van der Waals surface area contributed by atoms with Gasteiger partial charge in [0.25, 0.3) is 0 Å². The van der Waals surface area contributed by atoms with Gasteiger partial charge in [-0.05, 0) is 50.4 Å². The van der Waals surface area contributed by atoms with E-state index < -0.39 is 0 Å². The molecule has 0 unspecified atom stereocenters. The topological polar surface area (TPSA) is 9.23 Å². The van der Waals surface area contributed by atoms with E-state index in [0.717, 1.165) is 12.3 Å². The van der Waals surface area contributed by atoms with Gasteiger partial charge in [-0.1, -0.05) is 32.9 Å². The van der Waals surface area contributed by atoms with Crippen LogP contribution in [-0.2, 0) is 4.74 Å². The van der Waals surface area contributed by atoms with E-state index in [2.05, 4.69) is 34.3 Å². The van der Waals surface area contributed by atoms with E-state index in [1.807, 2.05) is 0 Å². The molecule has 0 N–H and O–H groups in total. The zero-order valence-electron chi connectivity index (χ0n) is 11.8. The van der Waals surface area contributed by atoms with Gasteiger partial charge in [0, 0.05) is 5.92 Å². The van der Waals surface area contributed by atoms with Crippen molar-refractivity contribution in [2.75, 3.05) is 0 Å². The third kappa shape index (κ3) is 1.35. The Hall–Kier alpha value is -0.300. The van der Waals surface area contributed by atoms with E-state index >= 15 is 0 Å². The summed E-state index contributed by atoms with van der Waals surface area (Å²) < 4.78 is 6.69. The van der Waals surface area contributed by atoms with Crippen LogP contribution in [0.5, 0.6) is 0 Å². The van der Waals surface area contributed by atoms with Crippen LogP contribution < -0.4 is 0 Å². The Morgan fingerprint density at radius 2 is 2.06 bits per heavy atom. The van der Waals surface area contributed by atoms with Gasteiger partial charge in [0.15, 0.2) is 0 Å². The zero-order chi connectivity index (χ0) is 12.4. The molecule has 3 fully saturated rings. The van der Waals surface area contributed by atoms with Gasteiger partial charge in [0.2, 0.25) is 0 Å². The molecule has 0 aromatic carbocycles. The molecular formula is C16H26O. The van der Waals surface area contributed by atoms with E-state index in [-0.39, 0.29) is 11.2 Å². The molecule has 1 aliphatic carbocycles. The summed E-state index contributed by atoms with van der Waals surface area (Å²) in [7, 11) is 0. The molecule has 1 nitrogen and oxygen atoms in total. The maximum absolute atomic E-state index is 6.69. The highest BCUT2D eigenvalue weighted by Crippen LogP contribution is 2.64. The molecule has 17 heavy (non-hydrogen) atoms. The number of rotatable bonds is 1. The fourth-order valence-electron chi connectivity index (χ4n) is 5.11. The summed E-state index contributed by atoms with van der Waals surface area (Å²) in [4.78, 5) is 0. The van der Waals surface area contributed by atoms with Crippen molar-refractivity contribution in [2.24, 2.45) is 23.7 Å². The van der Waals surface area contributed by atoms with Crippen molar-refractivity contribution >= 4 is 0 Å². The van der Waals surface area contributed by atoms with Crippen LogP contribution in [0.4, 0.5) is 0 Å². The molecule has 3 aliphatic rings. The van der Waals surface area contributed by atoms with E-state index in [4.69, 9.17) is 4.74 Å². The molecule has 2 bridgehead atoms. The summed E-state index contributed by atoms with van der Waals surface area (Å²) in [5.74, 6) is 2.80. The summed E-state index contributed by atoms with van der Waals surface area (Å²) in [6.45, 7) is 13.8. The van der Waals surface area contributed by atoms with Gasteiger partial charge < -0.3 is 4.74 Å². The number of ether oxygens (including phenoxy) is 1. The van der Waals surface area contributed by atoms with E-state index in [1.54, 1.807) is 0 Å². The molecule has 2 heterocycles. The second-order valence-electron chi connectivity index (χ2n) is 7.29. The van der Waals surface area contributed by atoms with Crippen LogP contribution in [-0.4, -0.2) is 11.2 Å². The molecule has 2 saturated heterocycles. The normalized spacial score (nSPS) is 53.2. The Labute approximate surface area is 106 Å². The van der Waals surface area contributed by atoms with Crippen molar-refractivity contribution in [3.63, 3.8) is 0 Å². The molecule has 2 aliphatic heterocycles. The monoisotopic (exact) mass is 234 g/mol. The molecular weight excluding hydrogens is 208 g/mol. The Bertz CT molecular complexity index is 359. The first-order chi connectivity index (χ1) is 7.89. The van der Waals surface area contributed by atoms with Crippen LogP contribution in [0.3, 0.4) is 0 Å². The second kappa shape index (κ2) is 3.38. The second-order valence-corrected chi connectivity index (χ2v) is 7.29. The molecule has 3 rings (SSSR count). The molecule has 1 spiro atoms. The van der Waals surface area contributed by atoms with Crippen LogP contribution in [0, 0.1) is 23.7 Å². The zero-order valence-corrected chi connectivity index (χ0v) is 11.8. The maximum atomic E-state index is 6.69. The lowest BCUT2D eigenvalue weighted by atomic mass is 9.76. The average Bonchev–Trinajstić information content (AvgIpc) is 2.65. The predicted octanol–water partition coefficient (Wildman–Crippen LogP) is 4.18. The highest BCUT2D eigenvalue weighted by molar-refractivity contribution is 5.25. The van der Waals surface area contributed by atoms with Gasteiger partial charge >= 0.3 is 0 Å². The van der Waals surface area contributed by atoms with Gasteiger partial charge in [-0.2, -0.15) is 0 Å². The van der Waals surface area contributed by atoms with Crippen LogP contribution >= 0.6 is 0 Å². The molecule has 0 radical (unpaired) electrons. The lowest BCUT2D eigenvalue weighted by Crippen LogP contribution is -2.47. The van der Waals surface area contributed by atoms with Crippen molar-refractivity contribution in [3.8, 4) is 0 Å². The van der Waals surface area contributed by atoms with Gasteiger partial charge in [0.05, 0.1) is 11.2 Å². The Balaban J connectivity index is 2.04. The SMILES string of the molecule is C=C1C[C@]2(C)O[C@]3(C[C@@H]2C(C)C)[C@H](C)CC[C@H]13. The lowest BCUT2D eigenvalue weighted by molar-refractivity contribution is -0.155. The summed E-state index contributed by atoms with van der Waals surface area (Å²) in [6.07, 6.45) is 4.99. The maximum Gasteiger partial charge on any atom is 0.0784 e. The van der Waals surface area contributed by atoms with E-state index in [1.165, 1.54) is 24.8 Å². The predicted molar refractivity (Wildman–Crippen MR) is 70.8 cm³/mol. The van der Waals surface area contributed by atoms with Crippen molar-refractivity contribution in [1.82, 2.24) is 0 Å². The van der Waals surface area contributed by atoms with Gasteiger partial charge in [0.1, 0.15) is 0 Å². The number of hydrogen-bond acceptors (Lipinski definition) is 1. The standard InChI is InChI=1S/C16H26O/c1-10(2)14-9-16-12(4)6-7-13(16)11(3)8-15(14,5)17-16/h10,12-14H,3,6-9H2,1-2,4-5H3/t12-,13-,14-,15+,16-/m1/s1. The quantitative estimate of drug-likeness (QED) is 0.618. The van der Waals surface area contributed by atoms with Crippen molar-refractivity contribution < 1.29 is 4.74 Å². The number of hydrogen-bond donors (Lipinski definition) is 0. The molecule has 1 saturated carbocycles. The Morgan fingerprint density at radius 1 is 1.35 bits per heavy atom. The minimum Gasteiger partial charge on any atom is -0.367 e. The minimum atomic E-state index is 0.0698. The summed E-state index contributed by atoms with van der Waals surface area (Å²) in [6, 6.07) is 0. The average molecular weight is 234 g/mol. The van der Waals surface area contributed by atoms with Gasteiger partial charge in [-0.25, -0.2) is 0 Å². The molecule has 96 valence electrons. The fraction of sp³-hybridized carbons (Fsp3) is 0.875. The highest BCUT2D eigenvalue weighted by atomic mass is 16.5. The van der Waals surface area contributed by atoms with Crippen LogP contribution in [0.2, 0.25) is 0 Å². The summed E-state index contributed by atoms with van der Waals surface area (Å²) in [5.41, 5.74) is 1.70. The minimum absolute atomic E-state index is 0.0698. The summed E-state index contributed by atoms with van der Waals surface area (Å²) >= 11 is 0.